The largest absolute Gasteiger partial charge is 0.394 e. The topological polar surface area (TPSA) is 119 Å². The molecule has 0 spiro atoms. The number of nitrogen functional groups attached to an aromatic ring is 1. The number of fused-ring (bicyclic) bond motifs is 1. The first-order valence-corrected chi connectivity index (χ1v) is 4.96. The van der Waals surface area contributed by atoms with E-state index in [4.69, 9.17) is 15.6 Å². The molecular weight excluding hydrogens is 224 g/mol. The molecule has 0 saturated heterocycles. The number of hydrogen-bond donors (Lipinski definition) is 3. The van der Waals surface area contributed by atoms with E-state index in [1.807, 2.05) is 0 Å². The van der Waals surface area contributed by atoms with Crippen LogP contribution in [-0.2, 0) is 4.74 Å². The van der Waals surface area contributed by atoms with E-state index in [0.717, 1.165) is 0 Å². The molecular formula is C9H12N6O2. The minimum atomic E-state index is -0.0265. The van der Waals surface area contributed by atoms with E-state index >= 15 is 0 Å². The summed E-state index contributed by atoms with van der Waals surface area (Å²) in [6.07, 6.45) is 2.72. The molecule has 90 valence electrons. The second-order valence-electron chi connectivity index (χ2n) is 3.13. The van der Waals surface area contributed by atoms with Crippen LogP contribution in [0.4, 0.5) is 11.6 Å². The number of nitrogens with zero attached hydrogens (tertiary/aromatic N) is 4. The first-order valence-electron chi connectivity index (χ1n) is 4.96. The van der Waals surface area contributed by atoms with Gasteiger partial charge in [-0.05, 0) is 0 Å². The lowest BCUT2D eigenvalue weighted by atomic mass is 10.4. The van der Waals surface area contributed by atoms with Crippen molar-refractivity contribution < 1.29 is 9.84 Å². The van der Waals surface area contributed by atoms with Crippen LogP contribution >= 0.6 is 0 Å². The van der Waals surface area contributed by atoms with Gasteiger partial charge in [0.25, 0.3) is 0 Å². The van der Waals surface area contributed by atoms with Gasteiger partial charge in [0.1, 0.15) is 30.4 Å². The number of hydrogen-bond acceptors (Lipinski definition) is 8. The van der Waals surface area contributed by atoms with E-state index in [9.17, 15) is 0 Å². The summed E-state index contributed by atoms with van der Waals surface area (Å²) in [5, 5.41) is 11.5. The molecule has 0 aromatic carbocycles. The van der Waals surface area contributed by atoms with Gasteiger partial charge in [0.05, 0.1) is 13.2 Å². The minimum Gasteiger partial charge on any atom is -0.394 e. The lowest BCUT2D eigenvalue weighted by Crippen LogP contribution is -2.11. The number of aromatic nitrogens is 4. The molecule has 8 heteroatoms. The fourth-order valence-electron chi connectivity index (χ4n) is 1.28. The number of rotatable bonds is 5. The Labute approximate surface area is 96.9 Å². The molecule has 2 aromatic rings. The highest BCUT2D eigenvalue weighted by atomic mass is 16.5. The van der Waals surface area contributed by atoms with Gasteiger partial charge in [0.15, 0.2) is 11.6 Å². The maximum Gasteiger partial charge on any atom is 0.158 e. The van der Waals surface area contributed by atoms with Gasteiger partial charge >= 0.3 is 0 Å². The third kappa shape index (κ3) is 2.55. The molecule has 2 rings (SSSR count). The fraction of sp³-hybridized carbons (Fsp3) is 0.333. The van der Waals surface area contributed by atoms with Crippen LogP contribution in [0, 0.1) is 0 Å². The number of ether oxygens (including phenoxy) is 1. The first kappa shape index (κ1) is 11.4. The van der Waals surface area contributed by atoms with Crippen LogP contribution in [0.25, 0.3) is 11.0 Å². The van der Waals surface area contributed by atoms with E-state index in [0.29, 0.717) is 22.7 Å². The highest BCUT2D eigenvalue weighted by Gasteiger charge is 2.07. The van der Waals surface area contributed by atoms with E-state index in [1.54, 1.807) is 0 Å². The molecule has 2 heterocycles. The summed E-state index contributed by atoms with van der Waals surface area (Å²) in [4.78, 5) is 15.9. The van der Waals surface area contributed by atoms with Gasteiger partial charge in [-0.15, -0.1) is 0 Å². The predicted octanol–water partition coefficient (Wildman–Crippen LogP) is -0.620. The van der Waals surface area contributed by atoms with Crippen LogP contribution in [0.2, 0.25) is 0 Å². The summed E-state index contributed by atoms with van der Waals surface area (Å²) in [5.41, 5.74) is 6.70. The van der Waals surface area contributed by atoms with Gasteiger partial charge < -0.3 is 20.9 Å². The Morgan fingerprint density at radius 3 is 2.76 bits per heavy atom. The van der Waals surface area contributed by atoms with Gasteiger partial charge in [-0.2, -0.15) is 0 Å². The molecule has 0 aliphatic rings. The quantitative estimate of drug-likeness (QED) is 0.464. The number of nitrogens with one attached hydrogen (secondary N) is 1. The number of anilines is 2. The molecule has 0 atom stereocenters. The SMILES string of the molecule is Nc1ncnc2c(NCOCCO)ncnc12. The molecule has 0 saturated carbocycles. The Balaban J connectivity index is 2.19. The van der Waals surface area contributed by atoms with Crippen molar-refractivity contribution in [1.82, 2.24) is 19.9 Å². The molecule has 0 amide bonds. The Kier molecular flexibility index (Phi) is 3.58. The lowest BCUT2D eigenvalue weighted by Gasteiger charge is -2.07. The zero-order chi connectivity index (χ0) is 12.1. The smallest absolute Gasteiger partial charge is 0.158 e. The van der Waals surface area contributed by atoms with Gasteiger partial charge in [-0.25, -0.2) is 19.9 Å². The average molecular weight is 236 g/mol. The van der Waals surface area contributed by atoms with Crippen molar-refractivity contribution in [1.29, 1.82) is 0 Å². The van der Waals surface area contributed by atoms with Crippen molar-refractivity contribution in [2.24, 2.45) is 0 Å². The normalized spacial score (nSPS) is 10.6. The maximum absolute atomic E-state index is 8.56. The second kappa shape index (κ2) is 5.32. The van der Waals surface area contributed by atoms with Crippen molar-refractivity contribution in [3.8, 4) is 0 Å². The van der Waals surface area contributed by atoms with E-state index in [-0.39, 0.29) is 19.9 Å². The van der Waals surface area contributed by atoms with Crippen LogP contribution in [0.5, 0.6) is 0 Å². The summed E-state index contributed by atoms with van der Waals surface area (Å²) in [5.74, 6) is 0.818. The van der Waals surface area contributed by atoms with Gasteiger partial charge in [-0.1, -0.05) is 0 Å². The van der Waals surface area contributed by atoms with Crippen LogP contribution in [-0.4, -0.2) is 45.0 Å². The monoisotopic (exact) mass is 236 g/mol. The molecule has 2 aromatic heterocycles. The van der Waals surface area contributed by atoms with E-state index in [2.05, 4.69) is 25.3 Å². The second-order valence-corrected chi connectivity index (χ2v) is 3.13. The highest BCUT2D eigenvalue weighted by molar-refractivity contribution is 5.90. The molecule has 0 radical (unpaired) electrons. The molecule has 8 nitrogen and oxygen atoms in total. The number of aliphatic hydroxyl groups excluding tert-OH is 1. The van der Waals surface area contributed by atoms with Crippen molar-refractivity contribution in [3.63, 3.8) is 0 Å². The Hall–Kier alpha value is -2.06. The van der Waals surface area contributed by atoms with Crippen LogP contribution in [0.3, 0.4) is 0 Å². The van der Waals surface area contributed by atoms with Crippen LogP contribution in [0.15, 0.2) is 12.7 Å². The number of aliphatic hydroxyl groups is 1. The zero-order valence-electron chi connectivity index (χ0n) is 9.00. The summed E-state index contributed by atoms with van der Waals surface area (Å²) in [7, 11) is 0. The third-order valence-corrected chi connectivity index (χ3v) is 2.03. The predicted molar refractivity (Wildman–Crippen MR) is 61.1 cm³/mol. The third-order valence-electron chi connectivity index (χ3n) is 2.03. The zero-order valence-corrected chi connectivity index (χ0v) is 9.00. The highest BCUT2D eigenvalue weighted by Crippen LogP contribution is 2.18. The molecule has 0 unspecified atom stereocenters. The standard InChI is InChI=1S/C9H12N6O2/c10-8-6-7(12-3-13-8)9(14-4-11-6)15-5-17-2-1-16/h3-4,16H,1-2,5H2,(H2,10,12,13)(H,11,14,15). The summed E-state index contributed by atoms with van der Waals surface area (Å²) in [6.45, 7) is 0.449. The van der Waals surface area contributed by atoms with Crippen molar-refractivity contribution in [2.75, 3.05) is 31.0 Å². The molecule has 4 N–H and O–H groups in total. The molecule has 0 aliphatic carbocycles. The molecule has 0 bridgehead atoms. The minimum absolute atomic E-state index is 0.0265. The van der Waals surface area contributed by atoms with Crippen molar-refractivity contribution in [3.05, 3.63) is 12.7 Å². The van der Waals surface area contributed by atoms with Crippen molar-refractivity contribution >= 4 is 22.7 Å². The van der Waals surface area contributed by atoms with Crippen molar-refractivity contribution in [2.45, 2.75) is 0 Å². The van der Waals surface area contributed by atoms with E-state index < -0.39 is 0 Å². The average Bonchev–Trinajstić information content (AvgIpc) is 2.36. The Morgan fingerprint density at radius 1 is 1.18 bits per heavy atom. The summed E-state index contributed by atoms with van der Waals surface area (Å²) in [6, 6.07) is 0. The summed E-state index contributed by atoms with van der Waals surface area (Å²) >= 11 is 0. The van der Waals surface area contributed by atoms with Crippen LogP contribution < -0.4 is 11.1 Å². The van der Waals surface area contributed by atoms with Gasteiger partial charge in [-0.3, -0.25) is 0 Å². The lowest BCUT2D eigenvalue weighted by molar-refractivity contribution is 0.105. The molecule has 0 fully saturated rings. The summed E-state index contributed by atoms with van der Waals surface area (Å²) < 4.78 is 5.07. The maximum atomic E-state index is 8.56. The van der Waals surface area contributed by atoms with E-state index in [1.165, 1.54) is 12.7 Å². The Morgan fingerprint density at radius 2 is 1.94 bits per heavy atom. The van der Waals surface area contributed by atoms with Crippen LogP contribution in [0.1, 0.15) is 0 Å². The van der Waals surface area contributed by atoms with Gasteiger partial charge in [0.2, 0.25) is 0 Å². The molecule has 0 aliphatic heterocycles. The Bertz CT molecular complexity index is 506. The number of nitrogens with two attached hydrogens (primary N) is 1. The van der Waals surface area contributed by atoms with Gasteiger partial charge in [0, 0.05) is 0 Å². The molecule has 17 heavy (non-hydrogen) atoms. The fourth-order valence-corrected chi connectivity index (χ4v) is 1.28. The first-order chi connectivity index (χ1) is 8.33.